The zero-order valence-corrected chi connectivity index (χ0v) is 13.0. The Balaban J connectivity index is 2.02. The Morgan fingerprint density at radius 2 is 1.61 bits per heavy atom. The maximum atomic E-state index is 5.37. The van der Waals surface area contributed by atoms with Gasteiger partial charge in [-0.25, -0.2) is 0 Å². The topological polar surface area (TPSA) is 47.1 Å². The second-order valence-electron chi connectivity index (χ2n) is 5.35. The van der Waals surface area contributed by atoms with Crippen molar-refractivity contribution in [3.8, 4) is 22.8 Å². The molecule has 23 heavy (non-hydrogen) atoms. The molecular formula is C19H16N2O2. The minimum atomic E-state index is 0.745. The maximum Gasteiger partial charge on any atom is 0.123 e. The molecule has 0 aliphatic heterocycles. The van der Waals surface area contributed by atoms with Crippen molar-refractivity contribution < 1.29 is 9.47 Å². The van der Waals surface area contributed by atoms with Crippen LogP contribution in [0.15, 0.2) is 54.7 Å². The summed E-state index contributed by atoms with van der Waals surface area (Å²) in [7, 11) is 3.30. The molecule has 2 heterocycles. The Bertz CT molecular complexity index is 983. The normalized spacial score (nSPS) is 11.0. The zero-order chi connectivity index (χ0) is 15.8. The molecule has 0 saturated heterocycles. The minimum absolute atomic E-state index is 0.745. The number of nitrogens with zero attached hydrogens (tertiary/aromatic N) is 1. The van der Waals surface area contributed by atoms with Gasteiger partial charge in [0.1, 0.15) is 11.5 Å². The third-order valence-electron chi connectivity index (χ3n) is 4.05. The van der Waals surface area contributed by atoms with E-state index in [4.69, 9.17) is 9.47 Å². The number of ether oxygens (including phenoxy) is 2. The fourth-order valence-electron chi connectivity index (χ4n) is 2.94. The Labute approximate surface area is 133 Å². The SMILES string of the molecule is COc1cc(OC)cc(-c2nccc3c2[nH]c2ccccc23)c1. The minimum Gasteiger partial charge on any atom is -0.497 e. The molecule has 0 aliphatic rings. The van der Waals surface area contributed by atoms with Gasteiger partial charge in [0.05, 0.1) is 25.4 Å². The highest BCUT2D eigenvalue weighted by Gasteiger charge is 2.12. The number of methoxy groups -OCH3 is 2. The summed E-state index contributed by atoms with van der Waals surface area (Å²) in [5.41, 5.74) is 3.96. The fraction of sp³-hybridized carbons (Fsp3) is 0.105. The number of aromatic nitrogens is 2. The predicted molar refractivity (Wildman–Crippen MR) is 92.1 cm³/mol. The summed E-state index contributed by atoms with van der Waals surface area (Å²) in [6.45, 7) is 0. The molecule has 0 unspecified atom stereocenters. The van der Waals surface area contributed by atoms with Crippen LogP contribution in [-0.4, -0.2) is 24.2 Å². The molecule has 2 aromatic carbocycles. The molecule has 0 radical (unpaired) electrons. The van der Waals surface area contributed by atoms with E-state index in [9.17, 15) is 0 Å². The second-order valence-corrected chi connectivity index (χ2v) is 5.35. The van der Waals surface area contributed by atoms with Crippen molar-refractivity contribution in [3.63, 3.8) is 0 Å². The van der Waals surface area contributed by atoms with E-state index in [1.54, 1.807) is 14.2 Å². The Morgan fingerprint density at radius 3 is 2.35 bits per heavy atom. The summed E-state index contributed by atoms with van der Waals surface area (Å²) < 4.78 is 10.7. The zero-order valence-electron chi connectivity index (χ0n) is 13.0. The monoisotopic (exact) mass is 304 g/mol. The van der Waals surface area contributed by atoms with E-state index in [-0.39, 0.29) is 0 Å². The average molecular weight is 304 g/mol. The molecular weight excluding hydrogens is 288 g/mol. The summed E-state index contributed by atoms with van der Waals surface area (Å²) in [6.07, 6.45) is 1.84. The Hall–Kier alpha value is -3.01. The number of benzene rings is 2. The van der Waals surface area contributed by atoms with Gasteiger partial charge < -0.3 is 14.5 Å². The van der Waals surface area contributed by atoms with E-state index in [0.29, 0.717) is 0 Å². The molecule has 114 valence electrons. The highest BCUT2D eigenvalue weighted by atomic mass is 16.5. The van der Waals surface area contributed by atoms with Crippen LogP contribution in [-0.2, 0) is 0 Å². The fourth-order valence-corrected chi connectivity index (χ4v) is 2.94. The van der Waals surface area contributed by atoms with Crippen LogP contribution in [0.2, 0.25) is 0 Å². The third-order valence-corrected chi connectivity index (χ3v) is 4.05. The van der Waals surface area contributed by atoms with Crippen LogP contribution in [0.1, 0.15) is 0 Å². The van der Waals surface area contributed by atoms with E-state index in [0.717, 1.165) is 39.2 Å². The van der Waals surface area contributed by atoms with E-state index < -0.39 is 0 Å². The summed E-state index contributed by atoms with van der Waals surface area (Å²) in [5, 5.41) is 2.35. The second kappa shape index (κ2) is 5.32. The predicted octanol–water partition coefficient (Wildman–Crippen LogP) is 4.40. The van der Waals surface area contributed by atoms with Gasteiger partial charge in [-0.05, 0) is 24.3 Å². The molecule has 0 bridgehead atoms. The van der Waals surface area contributed by atoms with Crippen molar-refractivity contribution in [2.75, 3.05) is 14.2 Å². The molecule has 1 N–H and O–H groups in total. The number of hydrogen-bond donors (Lipinski definition) is 1. The van der Waals surface area contributed by atoms with Gasteiger partial charge >= 0.3 is 0 Å². The lowest BCUT2D eigenvalue weighted by molar-refractivity contribution is 0.394. The van der Waals surface area contributed by atoms with Crippen molar-refractivity contribution in [3.05, 3.63) is 54.7 Å². The molecule has 0 aliphatic carbocycles. The first-order chi connectivity index (χ1) is 11.3. The van der Waals surface area contributed by atoms with Gasteiger partial charge in [-0.1, -0.05) is 18.2 Å². The van der Waals surface area contributed by atoms with Crippen LogP contribution in [0.4, 0.5) is 0 Å². The van der Waals surface area contributed by atoms with Gasteiger partial charge in [0.15, 0.2) is 0 Å². The smallest absolute Gasteiger partial charge is 0.123 e. The number of aromatic amines is 1. The molecule has 2 aromatic heterocycles. The highest BCUT2D eigenvalue weighted by molar-refractivity contribution is 6.10. The molecule has 4 aromatic rings. The molecule has 0 saturated carbocycles. The lowest BCUT2D eigenvalue weighted by Gasteiger charge is -2.09. The Kier molecular flexibility index (Phi) is 3.15. The molecule has 0 fully saturated rings. The van der Waals surface area contributed by atoms with Gasteiger partial charge in [0, 0.05) is 34.1 Å². The van der Waals surface area contributed by atoms with Gasteiger partial charge in [-0.3, -0.25) is 4.98 Å². The molecule has 0 amide bonds. The van der Waals surface area contributed by atoms with Crippen LogP contribution < -0.4 is 9.47 Å². The Morgan fingerprint density at radius 1 is 0.870 bits per heavy atom. The van der Waals surface area contributed by atoms with Gasteiger partial charge in [0.2, 0.25) is 0 Å². The number of para-hydroxylation sites is 1. The van der Waals surface area contributed by atoms with Crippen molar-refractivity contribution in [1.82, 2.24) is 9.97 Å². The standard InChI is InChI=1S/C19H16N2O2/c1-22-13-9-12(10-14(11-13)23-2)18-19-16(7-8-20-18)15-5-3-4-6-17(15)21-19/h3-11,21H,1-2H3. The molecule has 4 heteroatoms. The number of nitrogens with one attached hydrogen (secondary N) is 1. The van der Waals surface area contributed by atoms with Crippen LogP contribution in [0.3, 0.4) is 0 Å². The highest BCUT2D eigenvalue weighted by Crippen LogP contribution is 2.34. The molecule has 4 rings (SSSR count). The van der Waals surface area contributed by atoms with Crippen LogP contribution in [0.25, 0.3) is 33.1 Å². The third kappa shape index (κ3) is 2.19. The lowest BCUT2D eigenvalue weighted by Crippen LogP contribution is -1.91. The summed E-state index contributed by atoms with van der Waals surface area (Å²) in [6, 6.07) is 16.1. The van der Waals surface area contributed by atoms with Gasteiger partial charge in [-0.2, -0.15) is 0 Å². The van der Waals surface area contributed by atoms with E-state index in [2.05, 4.69) is 22.1 Å². The van der Waals surface area contributed by atoms with Crippen molar-refractivity contribution in [2.24, 2.45) is 0 Å². The summed E-state index contributed by atoms with van der Waals surface area (Å²) in [5.74, 6) is 1.49. The van der Waals surface area contributed by atoms with Crippen molar-refractivity contribution in [2.45, 2.75) is 0 Å². The van der Waals surface area contributed by atoms with Crippen LogP contribution in [0, 0.1) is 0 Å². The summed E-state index contributed by atoms with van der Waals surface area (Å²) >= 11 is 0. The number of fused-ring (bicyclic) bond motifs is 3. The number of hydrogen-bond acceptors (Lipinski definition) is 3. The molecule has 4 nitrogen and oxygen atoms in total. The average Bonchev–Trinajstić information content (AvgIpc) is 3.00. The first-order valence-electron chi connectivity index (χ1n) is 7.39. The van der Waals surface area contributed by atoms with E-state index in [1.165, 1.54) is 5.39 Å². The first-order valence-corrected chi connectivity index (χ1v) is 7.39. The number of rotatable bonds is 3. The van der Waals surface area contributed by atoms with E-state index in [1.807, 2.05) is 42.6 Å². The number of pyridine rings is 1. The van der Waals surface area contributed by atoms with Gasteiger partial charge in [-0.15, -0.1) is 0 Å². The van der Waals surface area contributed by atoms with Crippen molar-refractivity contribution in [1.29, 1.82) is 0 Å². The summed E-state index contributed by atoms with van der Waals surface area (Å²) in [4.78, 5) is 8.06. The van der Waals surface area contributed by atoms with Crippen molar-refractivity contribution >= 4 is 21.8 Å². The van der Waals surface area contributed by atoms with Crippen LogP contribution in [0.5, 0.6) is 11.5 Å². The quantitative estimate of drug-likeness (QED) is 0.610. The largest absolute Gasteiger partial charge is 0.497 e. The molecule has 0 spiro atoms. The lowest BCUT2D eigenvalue weighted by atomic mass is 10.1. The molecule has 0 atom stereocenters. The van der Waals surface area contributed by atoms with E-state index >= 15 is 0 Å². The maximum absolute atomic E-state index is 5.37. The van der Waals surface area contributed by atoms with Gasteiger partial charge in [0.25, 0.3) is 0 Å². The van der Waals surface area contributed by atoms with Crippen LogP contribution >= 0.6 is 0 Å². The first kappa shape index (κ1) is 13.6. The number of H-pyrrole nitrogens is 1.